The molecule has 1 fully saturated rings. The summed E-state index contributed by atoms with van der Waals surface area (Å²) in [5.41, 5.74) is 3.28. The van der Waals surface area contributed by atoms with E-state index in [2.05, 4.69) is 4.90 Å². The lowest BCUT2D eigenvalue weighted by molar-refractivity contribution is 0.104. The number of ketones is 1. The van der Waals surface area contributed by atoms with E-state index in [4.69, 9.17) is 9.47 Å². The predicted molar refractivity (Wildman–Crippen MR) is 97.6 cm³/mol. The Hall–Kier alpha value is -2.33. The van der Waals surface area contributed by atoms with Gasteiger partial charge in [-0.1, -0.05) is 12.1 Å². The van der Waals surface area contributed by atoms with E-state index in [1.165, 1.54) is 25.9 Å². The Balaban J connectivity index is 1.52. The lowest BCUT2D eigenvalue weighted by Crippen LogP contribution is -2.21. The molecular weight excluding hydrogens is 314 g/mol. The van der Waals surface area contributed by atoms with Gasteiger partial charge in [0.15, 0.2) is 5.78 Å². The zero-order chi connectivity index (χ0) is 17.2. The SMILES string of the molecule is COc1ccc2c(c1)C(=O)c1cccc(OCCCN3CCCC3)c1-2. The molecule has 4 heteroatoms. The largest absolute Gasteiger partial charge is 0.497 e. The topological polar surface area (TPSA) is 38.8 Å². The molecule has 1 aliphatic carbocycles. The highest BCUT2D eigenvalue weighted by atomic mass is 16.5. The van der Waals surface area contributed by atoms with Crippen molar-refractivity contribution in [3.63, 3.8) is 0 Å². The van der Waals surface area contributed by atoms with Crippen LogP contribution in [0.3, 0.4) is 0 Å². The van der Waals surface area contributed by atoms with E-state index in [1.807, 2.05) is 36.4 Å². The van der Waals surface area contributed by atoms with E-state index < -0.39 is 0 Å². The van der Waals surface area contributed by atoms with Gasteiger partial charge in [0.25, 0.3) is 0 Å². The molecule has 0 N–H and O–H groups in total. The van der Waals surface area contributed by atoms with Gasteiger partial charge in [-0.3, -0.25) is 4.79 Å². The second kappa shape index (κ2) is 6.89. The van der Waals surface area contributed by atoms with Crippen LogP contribution in [-0.2, 0) is 0 Å². The molecule has 0 radical (unpaired) electrons. The zero-order valence-corrected chi connectivity index (χ0v) is 14.6. The maximum absolute atomic E-state index is 12.7. The Kier molecular flexibility index (Phi) is 4.45. The number of carbonyl (C=O) groups excluding carboxylic acids is 1. The minimum absolute atomic E-state index is 0.0476. The van der Waals surface area contributed by atoms with E-state index in [9.17, 15) is 4.79 Å². The lowest BCUT2D eigenvalue weighted by atomic mass is 10.0. The molecule has 0 unspecified atom stereocenters. The summed E-state index contributed by atoms with van der Waals surface area (Å²) in [5.74, 6) is 1.55. The first-order valence-electron chi connectivity index (χ1n) is 8.99. The molecule has 2 aromatic rings. The summed E-state index contributed by atoms with van der Waals surface area (Å²) in [6.45, 7) is 4.18. The van der Waals surface area contributed by atoms with Gasteiger partial charge in [0.2, 0.25) is 0 Å². The highest BCUT2D eigenvalue weighted by molar-refractivity contribution is 6.22. The third-order valence-corrected chi connectivity index (χ3v) is 5.09. The Morgan fingerprint density at radius 2 is 1.88 bits per heavy atom. The summed E-state index contributed by atoms with van der Waals surface area (Å²) in [7, 11) is 1.61. The third kappa shape index (κ3) is 3.02. The van der Waals surface area contributed by atoms with Crippen molar-refractivity contribution in [1.29, 1.82) is 0 Å². The van der Waals surface area contributed by atoms with Gasteiger partial charge in [0, 0.05) is 23.2 Å². The van der Waals surface area contributed by atoms with Crippen LogP contribution >= 0.6 is 0 Å². The van der Waals surface area contributed by atoms with E-state index in [-0.39, 0.29) is 5.78 Å². The second-order valence-corrected chi connectivity index (χ2v) is 6.67. The fraction of sp³-hybridized carbons (Fsp3) is 0.381. The molecule has 25 heavy (non-hydrogen) atoms. The third-order valence-electron chi connectivity index (χ3n) is 5.09. The number of fused-ring (bicyclic) bond motifs is 3. The number of methoxy groups -OCH3 is 1. The van der Waals surface area contributed by atoms with E-state index in [0.29, 0.717) is 17.9 Å². The van der Waals surface area contributed by atoms with Gasteiger partial charge < -0.3 is 14.4 Å². The van der Waals surface area contributed by atoms with Crippen LogP contribution in [0.4, 0.5) is 0 Å². The molecule has 0 aromatic heterocycles. The summed E-state index contributed by atoms with van der Waals surface area (Å²) >= 11 is 0. The van der Waals surface area contributed by atoms with E-state index in [0.717, 1.165) is 35.4 Å². The van der Waals surface area contributed by atoms with Crippen molar-refractivity contribution < 1.29 is 14.3 Å². The molecule has 0 saturated carbocycles. The van der Waals surface area contributed by atoms with Crippen LogP contribution in [0.1, 0.15) is 35.2 Å². The molecule has 2 aromatic carbocycles. The van der Waals surface area contributed by atoms with E-state index in [1.54, 1.807) is 7.11 Å². The molecule has 1 saturated heterocycles. The summed E-state index contributed by atoms with van der Waals surface area (Å²) < 4.78 is 11.3. The molecular formula is C21H23NO3. The van der Waals surface area contributed by atoms with Crippen LogP contribution in [-0.4, -0.2) is 44.0 Å². The van der Waals surface area contributed by atoms with Crippen LogP contribution in [0.15, 0.2) is 36.4 Å². The number of benzene rings is 2. The van der Waals surface area contributed by atoms with Crippen molar-refractivity contribution in [2.45, 2.75) is 19.3 Å². The molecule has 0 bridgehead atoms. The molecule has 1 aliphatic heterocycles. The van der Waals surface area contributed by atoms with Crippen LogP contribution in [0.5, 0.6) is 11.5 Å². The quantitative estimate of drug-likeness (QED) is 0.642. The Labute approximate surface area is 148 Å². The monoisotopic (exact) mass is 337 g/mol. The summed E-state index contributed by atoms with van der Waals surface area (Å²) in [4.78, 5) is 15.2. The van der Waals surface area contributed by atoms with Crippen LogP contribution in [0, 0.1) is 0 Å². The van der Waals surface area contributed by atoms with Gasteiger partial charge >= 0.3 is 0 Å². The van der Waals surface area contributed by atoms with Gasteiger partial charge in [-0.2, -0.15) is 0 Å². The highest BCUT2D eigenvalue weighted by Gasteiger charge is 2.29. The number of hydrogen-bond donors (Lipinski definition) is 0. The molecule has 0 atom stereocenters. The average molecular weight is 337 g/mol. The minimum Gasteiger partial charge on any atom is -0.497 e. The molecule has 0 spiro atoms. The van der Waals surface area contributed by atoms with Crippen molar-refractivity contribution in [1.82, 2.24) is 4.90 Å². The van der Waals surface area contributed by atoms with Crippen molar-refractivity contribution in [3.8, 4) is 22.6 Å². The summed E-state index contributed by atoms with van der Waals surface area (Å²) in [6, 6.07) is 11.4. The van der Waals surface area contributed by atoms with E-state index >= 15 is 0 Å². The molecule has 2 aliphatic rings. The van der Waals surface area contributed by atoms with Crippen molar-refractivity contribution in [3.05, 3.63) is 47.5 Å². The molecule has 4 nitrogen and oxygen atoms in total. The van der Waals surface area contributed by atoms with Crippen LogP contribution in [0.2, 0.25) is 0 Å². The molecule has 130 valence electrons. The van der Waals surface area contributed by atoms with Crippen LogP contribution < -0.4 is 9.47 Å². The van der Waals surface area contributed by atoms with Gasteiger partial charge in [0.05, 0.1) is 13.7 Å². The first-order valence-corrected chi connectivity index (χ1v) is 8.99. The first kappa shape index (κ1) is 16.2. The predicted octanol–water partition coefficient (Wildman–Crippen LogP) is 3.77. The first-order chi connectivity index (χ1) is 12.3. The summed E-state index contributed by atoms with van der Waals surface area (Å²) in [5, 5.41) is 0. The number of ether oxygens (including phenoxy) is 2. The fourth-order valence-corrected chi connectivity index (χ4v) is 3.80. The number of nitrogens with zero attached hydrogens (tertiary/aromatic N) is 1. The maximum Gasteiger partial charge on any atom is 0.194 e. The maximum atomic E-state index is 12.7. The van der Waals surface area contributed by atoms with Crippen molar-refractivity contribution in [2.75, 3.05) is 33.4 Å². The number of rotatable bonds is 6. The van der Waals surface area contributed by atoms with Gasteiger partial charge in [-0.05, 0) is 62.2 Å². The number of carbonyl (C=O) groups is 1. The van der Waals surface area contributed by atoms with Crippen molar-refractivity contribution in [2.24, 2.45) is 0 Å². The molecule has 0 amide bonds. The van der Waals surface area contributed by atoms with Gasteiger partial charge in [0.1, 0.15) is 11.5 Å². The number of hydrogen-bond acceptors (Lipinski definition) is 4. The Morgan fingerprint density at radius 3 is 2.68 bits per heavy atom. The normalized spacial score (nSPS) is 16.0. The molecule has 1 heterocycles. The Bertz CT molecular complexity index is 794. The van der Waals surface area contributed by atoms with Gasteiger partial charge in [-0.15, -0.1) is 0 Å². The smallest absolute Gasteiger partial charge is 0.194 e. The number of likely N-dealkylation sites (tertiary alicyclic amines) is 1. The standard InChI is InChI=1S/C21H23NO3/c1-24-15-8-9-16-18(14-15)21(23)17-6-4-7-19(20(16)17)25-13-5-12-22-10-2-3-11-22/h4,6-9,14H,2-3,5,10-13H2,1H3. The lowest BCUT2D eigenvalue weighted by Gasteiger charge is -2.15. The molecule has 4 rings (SSSR count). The second-order valence-electron chi connectivity index (χ2n) is 6.67. The van der Waals surface area contributed by atoms with Crippen LogP contribution in [0.25, 0.3) is 11.1 Å². The highest BCUT2D eigenvalue weighted by Crippen LogP contribution is 2.43. The minimum atomic E-state index is 0.0476. The fourth-order valence-electron chi connectivity index (χ4n) is 3.80. The van der Waals surface area contributed by atoms with Gasteiger partial charge in [-0.25, -0.2) is 0 Å². The summed E-state index contributed by atoms with van der Waals surface area (Å²) in [6.07, 6.45) is 3.64. The van der Waals surface area contributed by atoms with Crippen molar-refractivity contribution >= 4 is 5.78 Å². The Morgan fingerprint density at radius 1 is 1.04 bits per heavy atom. The zero-order valence-electron chi connectivity index (χ0n) is 14.6. The average Bonchev–Trinajstić information content (AvgIpc) is 3.26.